The second kappa shape index (κ2) is 5.29. The van der Waals surface area contributed by atoms with Gasteiger partial charge in [0.2, 0.25) is 5.88 Å². The van der Waals surface area contributed by atoms with Gasteiger partial charge < -0.3 is 15.2 Å². The first-order chi connectivity index (χ1) is 10.5. The van der Waals surface area contributed by atoms with E-state index in [1.54, 1.807) is 0 Å². The topological polar surface area (TPSA) is 82.6 Å². The van der Waals surface area contributed by atoms with Gasteiger partial charge in [-0.25, -0.2) is 9.98 Å². The van der Waals surface area contributed by atoms with Crippen molar-refractivity contribution in [1.29, 1.82) is 0 Å². The largest absolute Gasteiger partial charge is 0.494 e. The molecule has 2 aromatic rings. The Morgan fingerprint density at radius 2 is 1.91 bits per heavy atom. The van der Waals surface area contributed by atoms with Crippen molar-refractivity contribution in [3.8, 4) is 11.6 Å². The van der Waals surface area contributed by atoms with E-state index in [9.17, 15) is 0 Å². The normalized spacial score (nSPS) is 15.5. The summed E-state index contributed by atoms with van der Waals surface area (Å²) >= 11 is 0. The van der Waals surface area contributed by atoms with Gasteiger partial charge in [0.15, 0.2) is 11.5 Å². The number of anilines is 1. The molecule has 1 aromatic carbocycles. The second-order valence-electron chi connectivity index (χ2n) is 5.44. The maximum absolute atomic E-state index is 5.95. The van der Waals surface area contributed by atoms with Crippen LogP contribution in [0, 0.1) is 0 Å². The Labute approximate surface area is 129 Å². The van der Waals surface area contributed by atoms with Crippen LogP contribution in [-0.2, 0) is 0 Å². The average Bonchev–Trinajstić information content (AvgIpc) is 2.47. The predicted molar refractivity (Wildman–Crippen MR) is 85.0 cm³/mol. The zero-order chi connectivity index (χ0) is 15.7. The first kappa shape index (κ1) is 14.3. The number of benzene rings is 1. The minimum atomic E-state index is -0.610. The number of aliphatic imine (C=N–C) groups is 1. The molecular weight excluding hydrogens is 280 g/mol. The molecule has 2 heterocycles. The number of nitrogens with two attached hydrogens (primary N) is 1. The third kappa shape index (κ3) is 2.47. The van der Waals surface area contributed by atoms with Crippen molar-refractivity contribution in [3.05, 3.63) is 36.2 Å². The molecule has 0 atom stereocenters. The van der Waals surface area contributed by atoms with Gasteiger partial charge in [-0.2, -0.15) is 4.98 Å². The molecule has 6 heteroatoms. The Hall–Kier alpha value is -2.63. The summed E-state index contributed by atoms with van der Waals surface area (Å²) in [6.07, 6.45) is 1.38. The van der Waals surface area contributed by atoms with Crippen molar-refractivity contribution in [2.75, 3.05) is 12.3 Å². The molecule has 0 fully saturated rings. The van der Waals surface area contributed by atoms with Crippen LogP contribution in [0.2, 0.25) is 0 Å². The average molecular weight is 298 g/mol. The predicted octanol–water partition coefficient (Wildman–Crippen LogP) is 2.75. The highest BCUT2D eigenvalue weighted by molar-refractivity contribution is 6.09. The van der Waals surface area contributed by atoms with Crippen LogP contribution in [0.1, 0.15) is 26.3 Å². The third-order valence-corrected chi connectivity index (χ3v) is 3.40. The Kier molecular flexibility index (Phi) is 3.44. The molecule has 0 bridgehead atoms. The maximum Gasteiger partial charge on any atom is 0.246 e. The first-order valence-corrected chi connectivity index (χ1v) is 7.13. The molecule has 1 aromatic heterocycles. The lowest BCUT2D eigenvalue weighted by Gasteiger charge is -2.32. The number of nitrogen functional groups attached to an aromatic ring is 1. The van der Waals surface area contributed by atoms with Crippen LogP contribution < -0.4 is 15.2 Å². The number of aromatic nitrogens is 2. The molecule has 0 unspecified atom stereocenters. The van der Waals surface area contributed by atoms with Crippen molar-refractivity contribution in [2.45, 2.75) is 26.4 Å². The van der Waals surface area contributed by atoms with Gasteiger partial charge in [-0.3, -0.25) is 0 Å². The minimum absolute atomic E-state index is 0.309. The van der Waals surface area contributed by atoms with E-state index in [0.717, 1.165) is 17.0 Å². The van der Waals surface area contributed by atoms with Gasteiger partial charge in [0.1, 0.15) is 17.7 Å². The summed E-state index contributed by atoms with van der Waals surface area (Å²) in [7, 11) is 0. The molecule has 1 aliphatic rings. The van der Waals surface area contributed by atoms with E-state index >= 15 is 0 Å². The Bertz CT molecular complexity index is 723. The molecule has 3 rings (SSSR count). The monoisotopic (exact) mass is 298 g/mol. The Balaban J connectivity index is 2.06. The molecule has 0 spiro atoms. The van der Waals surface area contributed by atoms with Crippen molar-refractivity contribution in [3.63, 3.8) is 0 Å². The molecule has 0 saturated heterocycles. The Morgan fingerprint density at radius 1 is 1.18 bits per heavy atom. The van der Waals surface area contributed by atoms with Crippen LogP contribution in [0.25, 0.3) is 0 Å². The SMILES string of the molecule is CCOc1ccc(C2=Nc3c(N)ncnc3OC2(C)C)cc1. The highest BCUT2D eigenvalue weighted by Crippen LogP contribution is 2.38. The summed E-state index contributed by atoms with van der Waals surface area (Å²) in [5, 5.41) is 0. The van der Waals surface area contributed by atoms with Gasteiger partial charge in [0, 0.05) is 5.56 Å². The lowest BCUT2D eigenvalue weighted by molar-refractivity contribution is 0.171. The number of ether oxygens (including phenoxy) is 2. The zero-order valence-electron chi connectivity index (χ0n) is 12.8. The lowest BCUT2D eigenvalue weighted by Crippen LogP contribution is -2.41. The molecule has 0 aliphatic carbocycles. The van der Waals surface area contributed by atoms with Gasteiger partial charge in [-0.1, -0.05) is 0 Å². The van der Waals surface area contributed by atoms with Crippen LogP contribution in [0.3, 0.4) is 0 Å². The first-order valence-electron chi connectivity index (χ1n) is 7.13. The highest BCUT2D eigenvalue weighted by atomic mass is 16.5. The lowest BCUT2D eigenvalue weighted by atomic mass is 9.94. The van der Waals surface area contributed by atoms with Crippen molar-refractivity contribution in [2.24, 2.45) is 4.99 Å². The summed E-state index contributed by atoms with van der Waals surface area (Å²) in [6.45, 7) is 6.49. The number of fused-ring (bicyclic) bond motifs is 1. The summed E-state index contributed by atoms with van der Waals surface area (Å²) < 4.78 is 11.4. The summed E-state index contributed by atoms with van der Waals surface area (Å²) in [5.41, 5.74) is 7.47. The minimum Gasteiger partial charge on any atom is -0.494 e. The maximum atomic E-state index is 5.95. The summed E-state index contributed by atoms with van der Waals surface area (Å²) in [5.74, 6) is 1.54. The fraction of sp³-hybridized carbons (Fsp3) is 0.312. The van der Waals surface area contributed by atoms with Gasteiger partial charge in [0.25, 0.3) is 0 Å². The Morgan fingerprint density at radius 3 is 2.59 bits per heavy atom. The number of hydrogen-bond donors (Lipinski definition) is 1. The van der Waals surface area contributed by atoms with Crippen molar-refractivity contribution >= 4 is 17.2 Å². The van der Waals surface area contributed by atoms with E-state index in [-0.39, 0.29) is 0 Å². The van der Waals surface area contributed by atoms with Gasteiger partial charge in [0.05, 0.1) is 12.3 Å². The number of rotatable bonds is 3. The van der Waals surface area contributed by atoms with Crippen molar-refractivity contribution in [1.82, 2.24) is 9.97 Å². The van der Waals surface area contributed by atoms with Crippen LogP contribution in [0.15, 0.2) is 35.6 Å². The molecule has 22 heavy (non-hydrogen) atoms. The van der Waals surface area contributed by atoms with Crippen LogP contribution >= 0.6 is 0 Å². The van der Waals surface area contributed by atoms with E-state index in [0.29, 0.717) is 24.0 Å². The van der Waals surface area contributed by atoms with Gasteiger partial charge in [-0.05, 0) is 45.0 Å². The summed E-state index contributed by atoms with van der Waals surface area (Å²) in [6, 6.07) is 7.75. The fourth-order valence-electron chi connectivity index (χ4n) is 2.38. The quantitative estimate of drug-likeness (QED) is 0.942. The standard InChI is InChI=1S/C16H18N4O2/c1-4-21-11-7-5-10(6-8-11)13-16(2,3)22-15-12(20-13)14(17)18-9-19-15/h5-9H,4H2,1-3H3,(H2,17,18,19). The van der Waals surface area contributed by atoms with Crippen molar-refractivity contribution < 1.29 is 9.47 Å². The molecule has 114 valence electrons. The van der Waals surface area contributed by atoms with E-state index in [2.05, 4.69) is 15.0 Å². The molecule has 0 radical (unpaired) electrons. The third-order valence-electron chi connectivity index (χ3n) is 3.40. The van der Waals surface area contributed by atoms with Crippen LogP contribution in [0.5, 0.6) is 11.6 Å². The number of hydrogen-bond acceptors (Lipinski definition) is 6. The van der Waals surface area contributed by atoms with Crippen LogP contribution in [-0.4, -0.2) is 27.9 Å². The molecule has 2 N–H and O–H groups in total. The highest BCUT2D eigenvalue weighted by Gasteiger charge is 2.35. The number of nitrogens with zero attached hydrogens (tertiary/aromatic N) is 3. The van der Waals surface area contributed by atoms with E-state index in [1.807, 2.05) is 45.0 Å². The molecule has 1 aliphatic heterocycles. The van der Waals surface area contributed by atoms with Gasteiger partial charge in [-0.15, -0.1) is 0 Å². The molecule has 0 saturated carbocycles. The molecule has 0 amide bonds. The van der Waals surface area contributed by atoms with E-state index in [4.69, 9.17) is 15.2 Å². The second-order valence-corrected chi connectivity index (χ2v) is 5.44. The molecule has 6 nitrogen and oxygen atoms in total. The van der Waals surface area contributed by atoms with Gasteiger partial charge >= 0.3 is 0 Å². The van der Waals surface area contributed by atoms with E-state index in [1.165, 1.54) is 6.33 Å². The molecular formula is C16H18N4O2. The van der Waals surface area contributed by atoms with E-state index < -0.39 is 5.60 Å². The van der Waals surface area contributed by atoms with Crippen LogP contribution in [0.4, 0.5) is 11.5 Å². The summed E-state index contributed by atoms with van der Waals surface area (Å²) in [4.78, 5) is 12.7. The zero-order valence-corrected chi connectivity index (χ0v) is 12.8. The smallest absolute Gasteiger partial charge is 0.246 e. The fourth-order valence-corrected chi connectivity index (χ4v) is 2.38.